The number of hydrogen-bond donors (Lipinski definition) is 0. The van der Waals surface area contributed by atoms with E-state index in [1.807, 2.05) is 0 Å². The van der Waals surface area contributed by atoms with Gasteiger partial charge in [-0.15, -0.1) is 0 Å². The molecule has 0 radical (unpaired) electrons. The van der Waals surface area contributed by atoms with Gasteiger partial charge in [0.2, 0.25) is 0 Å². The second-order valence-corrected chi connectivity index (χ2v) is 4.27. The standard InChI is InChI=1S/C14H11ClN2O3/c1-8(15)14-11(16-2)5-13(20-14)10-6-17-9(7-18)4-12(10)19-3/h4-7H,1-2H2,3H3. The summed E-state index contributed by atoms with van der Waals surface area (Å²) in [5.41, 5.74) is 1.31. The first-order valence-corrected chi connectivity index (χ1v) is 5.93. The fourth-order valence-corrected chi connectivity index (χ4v) is 1.83. The number of nitrogens with zero attached hydrogens (tertiary/aromatic N) is 2. The maximum Gasteiger partial charge on any atom is 0.171 e. The number of carbonyl (C=O) groups is 1. The predicted molar refractivity (Wildman–Crippen MR) is 78.0 cm³/mol. The number of hydrogen-bond acceptors (Lipinski definition) is 5. The summed E-state index contributed by atoms with van der Waals surface area (Å²) < 4.78 is 10.8. The van der Waals surface area contributed by atoms with E-state index in [1.165, 1.54) is 19.4 Å². The summed E-state index contributed by atoms with van der Waals surface area (Å²) in [5.74, 6) is 1.24. The smallest absolute Gasteiger partial charge is 0.171 e. The molecule has 0 saturated heterocycles. The molecule has 0 bridgehead atoms. The van der Waals surface area contributed by atoms with Crippen molar-refractivity contribution in [3.8, 4) is 17.1 Å². The molecular weight excluding hydrogens is 280 g/mol. The van der Waals surface area contributed by atoms with Crippen molar-refractivity contribution in [2.45, 2.75) is 0 Å². The Labute approximate surface area is 120 Å². The lowest BCUT2D eigenvalue weighted by Crippen LogP contribution is -1.92. The first-order chi connectivity index (χ1) is 9.60. The number of aliphatic imine (C=N–C) groups is 1. The Morgan fingerprint density at radius 1 is 1.55 bits per heavy atom. The van der Waals surface area contributed by atoms with Crippen LogP contribution >= 0.6 is 11.6 Å². The molecule has 0 saturated carbocycles. The van der Waals surface area contributed by atoms with Gasteiger partial charge in [-0.25, -0.2) is 0 Å². The molecule has 0 atom stereocenters. The quantitative estimate of drug-likeness (QED) is 0.622. The Balaban J connectivity index is 2.59. The SMILES string of the molecule is C=Nc1cc(-c2cnc(C=O)cc2OC)oc1C(=C)Cl. The average molecular weight is 291 g/mol. The van der Waals surface area contributed by atoms with Gasteiger partial charge < -0.3 is 9.15 Å². The van der Waals surface area contributed by atoms with Crippen molar-refractivity contribution in [1.82, 2.24) is 4.98 Å². The van der Waals surface area contributed by atoms with Crippen LogP contribution in [0.4, 0.5) is 5.69 Å². The van der Waals surface area contributed by atoms with Gasteiger partial charge in [0.25, 0.3) is 0 Å². The van der Waals surface area contributed by atoms with E-state index in [2.05, 4.69) is 23.3 Å². The normalized spacial score (nSPS) is 10.1. The van der Waals surface area contributed by atoms with Crippen LogP contribution in [-0.4, -0.2) is 25.1 Å². The molecule has 2 aromatic heterocycles. The Kier molecular flexibility index (Phi) is 4.00. The molecule has 0 aliphatic heterocycles. The average Bonchev–Trinajstić information content (AvgIpc) is 2.90. The lowest BCUT2D eigenvalue weighted by atomic mass is 10.2. The summed E-state index contributed by atoms with van der Waals surface area (Å²) in [7, 11) is 1.49. The zero-order valence-electron chi connectivity index (χ0n) is 10.7. The van der Waals surface area contributed by atoms with Crippen molar-refractivity contribution in [2.24, 2.45) is 4.99 Å². The second-order valence-electron chi connectivity index (χ2n) is 3.82. The topological polar surface area (TPSA) is 64.7 Å². The van der Waals surface area contributed by atoms with Gasteiger partial charge in [-0.3, -0.25) is 14.8 Å². The molecule has 0 N–H and O–H groups in total. The summed E-state index contributed by atoms with van der Waals surface area (Å²) in [6.07, 6.45) is 2.12. The van der Waals surface area contributed by atoms with E-state index in [1.54, 1.807) is 6.07 Å². The molecule has 0 amide bonds. The molecule has 0 unspecified atom stereocenters. The highest BCUT2D eigenvalue weighted by Gasteiger charge is 2.17. The van der Waals surface area contributed by atoms with E-state index in [0.717, 1.165) is 0 Å². The van der Waals surface area contributed by atoms with Gasteiger partial charge in [-0.05, 0) is 6.72 Å². The van der Waals surface area contributed by atoms with Crippen molar-refractivity contribution in [2.75, 3.05) is 7.11 Å². The number of halogens is 1. The molecule has 5 nitrogen and oxygen atoms in total. The highest BCUT2D eigenvalue weighted by Crippen LogP contribution is 2.38. The summed E-state index contributed by atoms with van der Waals surface area (Å²) >= 11 is 5.84. The molecule has 0 aliphatic carbocycles. The molecule has 2 aromatic rings. The molecule has 20 heavy (non-hydrogen) atoms. The van der Waals surface area contributed by atoms with Crippen LogP contribution in [0, 0.1) is 0 Å². The summed E-state index contributed by atoms with van der Waals surface area (Å²) in [6, 6.07) is 3.16. The van der Waals surface area contributed by atoms with Crippen molar-refractivity contribution in [3.05, 3.63) is 36.4 Å². The predicted octanol–water partition coefficient (Wildman–Crippen LogP) is 3.70. The van der Waals surface area contributed by atoms with Crippen LogP contribution in [0.3, 0.4) is 0 Å². The summed E-state index contributed by atoms with van der Waals surface area (Å²) in [5, 5.41) is 0.218. The molecule has 102 valence electrons. The third kappa shape index (κ3) is 2.48. The number of rotatable bonds is 5. The van der Waals surface area contributed by atoms with Crippen LogP contribution in [0.2, 0.25) is 0 Å². The first-order valence-electron chi connectivity index (χ1n) is 5.55. The number of ether oxygens (including phenoxy) is 1. The maximum absolute atomic E-state index is 10.7. The molecule has 0 aromatic carbocycles. The number of aromatic nitrogens is 1. The minimum atomic E-state index is 0.218. The van der Waals surface area contributed by atoms with E-state index in [4.69, 9.17) is 20.8 Å². The van der Waals surface area contributed by atoms with Crippen molar-refractivity contribution < 1.29 is 13.9 Å². The Hall–Kier alpha value is -2.40. The Morgan fingerprint density at radius 2 is 2.30 bits per heavy atom. The monoisotopic (exact) mass is 290 g/mol. The highest BCUT2D eigenvalue weighted by atomic mass is 35.5. The lowest BCUT2D eigenvalue weighted by Gasteiger charge is -2.05. The molecule has 0 aliphatic rings. The van der Waals surface area contributed by atoms with Gasteiger partial charge in [0.1, 0.15) is 22.9 Å². The van der Waals surface area contributed by atoms with Gasteiger partial charge in [-0.1, -0.05) is 18.2 Å². The van der Waals surface area contributed by atoms with Crippen molar-refractivity contribution in [3.63, 3.8) is 0 Å². The van der Waals surface area contributed by atoms with Gasteiger partial charge in [0.15, 0.2) is 12.0 Å². The Bertz CT molecular complexity index is 692. The van der Waals surface area contributed by atoms with E-state index >= 15 is 0 Å². The van der Waals surface area contributed by atoms with Crippen LogP contribution in [0.5, 0.6) is 5.75 Å². The number of methoxy groups -OCH3 is 1. The van der Waals surface area contributed by atoms with E-state index < -0.39 is 0 Å². The number of carbonyl (C=O) groups excluding carboxylic acids is 1. The zero-order valence-corrected chi connectivity index (χ0v) is 11.5. The molecule has 2 rings (SSSR count). The minimum absolute atomic E-state index is 0.218. The Morgan fingerprint density at radius 3 is 2.80 bits per heavy atom. The van der Waals surface area contributed by atoms with Crippen LogP contribution in [0.15, 0.2) is 34.3 Å². The third-order valence-electron chi connectivity index (χ3n) is 2.62. The summed E-state index contributed by atoms with van der Waals surface area (Å²) in [4.78, 5) is 18.5. The molecular formula is C14H11ClN2O3. The first kappa shape index (κ1) is 14.0. The van der Waals surface area contributed by atoms with Gasteiger partial charge in [0.05, 0.1) is 17.7 Å². The minimum Gasteiger partial charge on any atom is -0.496 e. The third-order valence-corrected chi connectivity index (χ3v) is 2.79. The second kappa shape index (κ2) is 5.71. The molecule has 0 spiro atoms. The number of pyridine rings is 1. The van der Waals surface area contributed by atoms with Crippen molar-refractivity contribution >= 4 is 35.3 Å². The molecule has 0 fully saturated rings. The van der Waals surface area contributed by atoms with Crippen LogP contribution in [-0.2, 0) is 0 Å². The van der Waals surface area contributed by atoms with Crippen molar-refractivity contribution in [1.29, 1.82) is 0 Å². The highest BCUT2D eigenvalue weighted by molar-refractivity contribution is 6.48. The number of aldehydes is 1. The fourth-order valence-electron chi connectivity index (χ4n) is 1.70. The molecule has 6 heteroatoms. The van der Waals surface area contributed by atoms with E-state index in [0.29, 0.717) is 34.8 Å². The van der Waals surface area contributed by atoms with Crippen LogP contribution in [0.25, 0.3) is 16.4 Å². The molecule has 2 heterocycles. The fraction of sp³-hybridized carbons (Fsp3) is 0.0714. The number of furan rings is 1. The lowest BCUT2D eigenvalue weighted by molar-refractivity contribution is 0.111. The van der Waals surface area contributed by atoms with E-state index in [9.17, 15) is 4.79 Å². The van der Waals surface area contributed by atoms with Gasteiger partial charge >= 0.3 is 0 Å². The maximum atomic E-state index is 10.7. The van der Waals surface area contributed by atoms with Crippen LogP contribution in [0.1, 0.15) is 16.2 Å². The largest absolute Gasteiger partial charge is 0.496 e. The van der Waals surface area contributed by atoms with Crippen LogP contribution < -0.4 is 4.74 Å². The van der Waals surface area contributed by atoms with Gasteiger partial charge in [0, 0.05) is 18.3 Å². The zero-order chi connectivity index (χ0) is 14.7. The summed E-state index contributed by atoms with van der Waals surface area (Å²) in [6.45, 7) is 7.05. The van der Waals surface area contributed by atoms with E-state index in [-0.39, 0.29) is 10.7 Å². The van der Waals surface area contributed by atoms with Gasteiger partial charge in [-0.2, -0.15) is 0 Å².